The monoisotopic (exact) mass is 254 g/mol. The highest BCUT2D eigenvalue weighted by atomic mass is 16.6. The van der Waals surface area contributed by atoms with Crippen LogP contribution in [0.15, 0.2) is 54.4 Å². The molecule has 0 saturated heterocycles. The van der Waals surface area contributed by atoms with E-state index in [0.29, 0.717) is 12.2 Å². The Morgan fingerprint density at radius 3 is 2.63 bits per heavy atom. The minimum absolute atomic E-state index is 0.270. The molecule has 0 amide bonds. The lowest BCUT2D eigenvalue weighted by Gasteiger charge is -2.22. The number of phenols is 1. The van der Waals surface area contributed by atoms with Gasteiger partial charge in [0.15, 0.2) is 5.75 Å². The van der Waals surface area contributed by atoms with Gasteiger partial charge in [0.2, 0.25) is 0 Å². The molecule has 3 rings (SSSR count). The lowest BCUT2D eigenvalue weighted by molar-refractivity contribution is 0.222. The summed E-state index contributed by atoms with van der Waals surface area (Å²) in [5.41, 5.74) is 11.4. The molecule has 0 saturated carbocycles. The van der Waals surface area contributed by atoms with Crippen molar-refractivity contribution >= 4 is 5.57 Å². The number of para-hydroxylation sites is 2. The molecular weight excluding hydrogens is 240 g/mol. The molecule has 4 N–H and O–H groups in total. The van der Waals surface area contributed by atoms with Crippen LogP contribution in [0.4, 0.5) is 0 Å². The van der Waals surface area contributed by atoms with Crippen molar-refractivity contribution in [2.75, 3.05) is 0 Å². The highest BCUT2D eigenvalue weighted by molar-refractivity contribution is 5.75. The Bertz CT molecular complexity index is 650. The fraction of sp³-hybridized carbons (Fsp3) is 0.0667. The van der Waals surface area contributed by atoms with E-state index >= 15 is 0 Å². The number of aromatic hydroxyl groups is 1. The van der Waals surface area contributed by atoms with E-state index in [1.54, 1.807) is 12.1 Å². The second-order valence-corrected chi connectivity index (χ2v) is 4.40. The van der Waals surface area contributed by atoms with Gasteiger partial charge in [-0.15, -0.1) is 0 Å². The van der Waals surface area contributed by atoms with E-state index in [-0.39, 0.29) is 5.75 Å². The number of hydroxylamine groups is 1. The van der Waals surface area contributed by atoms with Gasteiger partial charge in [-0.2, -0.15) is 0 Å². The van der Waals surface area contributed by atoms with Crippen LogP contribution in [0.1, 0.15) is 11.1 Å². The predicted octanol–water partition coefficient (Wildman–Crippen LogP) is 2.16. The van der Waals surface area contributed by atoms with Crippen molar-refractivity contribution in [1.82, 2.24) is 5.48 Å². The third kappa shape index (κ3) is 2.08. The van der Waals surface area contributed by atoms with Crippen molar-refractivity contribution < 1.29 is 9.94 Å². The third-order valence-electron chi connectivity index (χ3n) is 3.17. The number of allylic oxidation sites excluding steroid dienone is 1. The lowest BCUT2D eigenvalue weighted by Crippen LogP contribution is -2.29. The van der Waals surface area contributed by atoms with Gasteiger partial charge in [-0.1, -0.05) is 36.4 Å². The molecule has 2 aromatic rings. The van der Waals surface area contributed by atoms with Crippen molar-refractivity contribution in [1.29, 1.82) is 0 Å². The van der Waals surface area contributed by atoms with Crippen molar-refractivity contribution in [3.63, 3.8) is 0 Å². The summed E-state index contributed by atoms with van der Waals surface area (Å²) in [5.74, 6) is 1.48. The summed E-state index contributed by atoms with van der Waals surface area (Å²) in [6, 6.07) is 14.9. The minimum atomic E-state index is 0.270. The van der Waals surface area contributed by atoms with Gasteiger partial charge in [0.1, 0.15) is 11.6 Å². The summed E-state index contributed by atoms with van der Waals surface area (Å²) in [5, 5.41) is 9.86. The zero-order valence-corrected chi connectivity index (χ0v) is 10.3. The maximum Gasteiger partial charge on any atom is 0.162 e. The number of nitrogens with one attached hydrogen (secondary N) is 1. The predicted molar refractivity (Wildman–Crippen MR) is 73.1 cm³/mol. The van der Waals surface area contributed by atoms with Gasteiger partial charge in [0, 0.05) is 17.6 Å². The van der Waals surface area contributed by atoms with Gasteiger partial charge in [0.05, 0.1) is 0 Å². The Morgan fingerprint density at radius 1 is 1.05 bits per heavy atom. The first kappa shape index (κ1) is 11.5. The van der Waals surface area contributed by atoms with E-state index in [1.807, 2.05) is 36.4 Å². The molecule has 1 aliphatic heterocycles. The van der Waals surface area contributed by atoms with E-state index in [0.717, 1.165) is 22.4 Å². The molecule has 0 atom stereocenters. The minimum Gasteiger partial charge on any atom is -0.508 e. The summed E-state index contributed by atoms with van der Waals surface area (Å²) in [7, 11) is 0. The van der Waals surface area contributed by atoms with E-state index < -0.39 is 0 Å². The molecule has 2 aromatic carbocycles. The first-order valence-electron chi connectivity index (χ1n) is 6.03. The van der Waals surface area contributed by atoms with Gasteiger partial charge in [-0.05, 0) is 17.7 Å². The van der Waals surface area contributed by atoms with E-state index in [2.05, 4.69) is 5.48 Å². The Hall–Kier alpha value is -2.62. The maximum absolute atomic E-state index is 9.86. The van der Waals surface area contributed by atoms with Crippen LogP contribution < -0.4 is 16.1 Å². The summed E-state index contributed by atoms with van der Waals surface area (Å²) in [6.07, 6.45) is 0.548. The van der Waals surface area contributed by atoms with Gasteiger partial charge in [-0.3, -0.25) is 0 Å². The molecule has 4 heteroatoms. The largest absolute Gasteiger partial charge is 0.508 e. The first-order chi connectivity index (χ1) is 9.25. The van der Waals surface area contributed by atoms with Gasteiger partial charge >= 0.3 is 0 Å². The molecule has 0 bridgehead atoms. The average molecular weight is 254 g/mol. The van der Waals surface area contributed by atoms with E-state index in [1.165, 1.54) is 0 Å². The molecule has 1 heterocycles. The summed E-state index contributed by atoms with van der Waals surface area (Å²) < 4.78 is 0. The molecule has 0 radical (unpaired) electrons. The SMILES string of the molecule is NC1=C(Cc2ccccc2O)c2ccccc2ON1. The maximum atomic E-state index is 9.86. The second kappa shape index (κ2) is 4.57. The molecule has 4 nitrogen and oxygen atoms in total. The number of fused-ring (bicyclic) bond motifs is 1. The molecule has 0 aliphatic carbocycles. The van der Waals surface area contributed by atoms with Crippen LogP contribution in [0.5, 0.6) is 11.5 Å². The highest BCUT2D eigenvalue weighted by Crippen LogP contribution is 2.33. The van der Waals surface area contributed by atoms with Crippen LogP contribution in [0, 0.1) is 0 Å². The number of hydrogen-bond acceptors (Lipinski definition) is 4. The van der Waals surface area contributed by atoms with Crippen LogP contribution >= 0.6 is 0 Å². The van der Waals surface area contributed by atoms with Crippen LogP contribution in [0.3, 0.4) is 0 Å². The van der Waals surface area contributed by atoms with Crippen LogP contribution in [-0.4, -0.2) is 5.11 Å². The molecule has 0 fully saturated rings. The van der Waals surface area contributed by atoms with Crippen molar-refractivity contribution in [3.8, 4) is 11.5 Å². The summed E-state index contributed by atoms with van der Waals surface area (Å²) in [4.78, 5) is 5.34. The highest BCUT2D eigenvalue weighted by Gasteiger charge is 2.19. The Labute approximate surface area is 111 Å². The summed E-state index contributed by atoms with van der Waals surface area (Å²) >= 11 is 0. The average Bonchev–Trinajstić information content (AvgIpc) is 2.44. The fourth-order valence-corrected chi connectivity index (χ4v) is 2.16. The van der Waals surface area contributed by atoms with E-state index in [9.17, 15) is 5.11 Å². The number of benzene rings is 2. The molecule has 0 aromatic heterocycles. The molecule has 0 unspecified atom stereocenters. The molecule has 96 valence electrons. The van der Waals surface area contributed by atoms with Crippen LogP contribution in [-0.2, 0) is 6.42 Å². The smallest absolute Gasteiger partial charge is 0.162 e. The Morgan fingerprint density at radius 2 is 1.79 bits per heavy atom. The lowest BCUT2D eigenvalue weighted by atomic mass is 9.96. The van der Waals surface area contributed by atoms with Crippen molar-refractivity contribution in [2.45, 2.75) is 6.42 Å². The van der Waals surface area contributed by atoms with Gasteiger partial charge in [0.25, 0.3) is 0 Å². The number of rotatable bonds is 2. The topological polar surface area (TPSA) is 67.5 Å². The molecule has 0 spiro atoms. The van der Waals surface area contributed by atoms with Crippen molar-refractivity contribution in [3.05, 3.63) is 65.5 Å². The zero-order chi connectivity index (χ0) is 13.2. The number of phenolic OH excluding ortho intramolecular Hbond substituents is 1. The molecule has 19 heavy (non-hydrogen) atoms. The Balaban J connectivity index is 2.02. The van der Waals surface area contributed by atoms with Gasteiger partial charge in [-0.25, -0.2) is 5.48 Å². The second-order valence-electron chi connectivity index (χ2n) is 4.40. The van der Waals surface area contributed by atoms with Crippen LogP contribution in [0.25, 0.3) is 5.57 Å². The number of hydrogen-bond donors (Lipinski definition) is 3. The first-order valence-corrected chi connectivity index (χ1v) is 6.03. The van der Waals surface area contributed by atoms with Gasteiger partial charge < -0.3 is 15.7 Å². The normalized spacial score (nSPS) is 13.5. The third-order valence-corrected chi connectivity index (χ3v) is 3.17. The van der Waals surface area contributed by atoms with E-state index in [4.69, 9.17) is 10.6 Å². The molecular formula is C15H14N2O2. The summed E-state index contributed by atoms with van der Waals surface area (Å²) in [6.45, 7) is 0. The van der Waals surface area contributed by atoms with Crippen LogP contribution in [0.2, 0.25) is 0 Å². The molecule has 1 aliphatic rings. The van der Waals surface area contributed by atoms with Crippen molar-refractivity contribution in [2.24, 2.45) is 5.73 Å². The quantitative estimate of drug-likeness (QED) is 0.768. The zero-order valence-electron chi connectivity index (χ0n) is 10.3. The standard InChI is InChI=1S/C15H14N2O2/c16-15-12(9-10-5-1-3-7-13(10)18)11-6-2-4-8-14(11)19-17-15/h1-8,17-18H,9,16H2. The Kier molecular flexibility index (Phi) is 2.76. The number of nitrogens with two attached hydrogens (primary N) is 1. The fourth-order valence-electron chi connectivity index (χ4n) is 2.16.